The predicted octanol–water partition coefficient (Wildman–Crippen LogP) is 6.89. The molecule has 0 radical (unpaired) electrons. The number of rotatable bonds is 8. The fourth-order valence-corrected chi connectivity index (χ4v) is 4.26. The Hall–Kier alpha value is -3.77. The number of anilines is 1. The van der Waals surface area contributed by atoms with Crippen molar-refractivity contribution in [1.82, 2.24) is 9.78 Å². The van der Waals surface area contributed by atoms with Gasteiger partial charge in [0, 0.05) is 22.3 Å². The van der Waals surface area contributed by atoms with Gasteiger partial charge in [0.1, 0.15) is 12.4 Å². The highest BCUT2D eigenvalue weighted by Crippen LogP contribution is 2.33. The Balaban J connectivity index is 1.62. The molecule has 4 aromatic rings. The van der Waals surface area contributed by atoms with Gasteiger partial charge < -0.3 is 9.84 Å². The molecule has 0 aliphatic rings. The molecule has 3 aromatic carbocycles. The summed E-state index contributed by atoms with van der Waals surface area (Å²) in [6.45, 7) is 6.46. The fourth-order valence-electron chi connectivity index (χ4n) is 4.07. The standard InChI is InChI=1S/C28H28ClN3O3/c1-20-16-26(32(27(33)34)28(2,3)23-12-8-5-9-13-23)30-31(20)18-22-17-24(29)14-15-25(22)35-19-21-10-6-4-7-11-21/h4-17H,18-19H2,1-3H3,(H,33,34). The van der Waals surface area contributed by atoms with E-state index in [4.69, 9.17) is 16.3 Å². The lowest BCUT2D eigenvalue weighted by Gasteiger charge is -2.35. The molecule has 4 rings (SSSR count). The van der Waals surface area contributed by atoms with Gasteiger partial charge in [-0.15, -0.1) is 0 Å². The van der Waals surface area contributed by atoms with Gasteiger partial charge in [0.2, 0.25) is 0 Å². The molecular formula is C28H28ClN3O3. The first-order valence-electron chi connectivity index (χ1n) is 11.3. The van der Waals surface area contributed by atoms with Crippen LogP contribution in [0.5, 0.6) is 5.75 Å². The molecule has 1 N–H and O–H groups in total. The van der Waals surface area contributed by atoms with E-state index < -0.39 is 11.6 Å². The molecule has 1 amide bonds. The normalized spacial score (nSPS) is 11.3. The van der Waals surface area contributed by atoms with Crippen molar-refractivity contribution in [3.05, 3.63) is 112 Å². The summed E-state index contributed by atoms with van der Waals surface area (Å²) in [6.07, 6.45) is -1.07. The van der Waals surface area contributed by atoms with Crippen LogP contribution in [0.25, 0.3) is 0 Å². The summed E-state index contributed by atoms with van der Waals surface area (Å²) in [5.41, 5.74) is 2.80. The van der Waals surface area contributed by atoms with Crippen LogP contribution in [0.3, 0.4) is 0 Å². The third kappa shape index (κ3) is 5.49. The van der Waals surface area contributed by atoms with Crippen LogP contribution >= 0.6 is 11.6 Å². The Kier molecular flexibility index (Phi) is 7.12. The molecule has 7 heteroatoms. The second-order valence-electron chi connectivity index (χ2n) is 8.87. The molecule has 35 heavy (non-hydrogen) atoms. The van der Waals surface area contributed by atoms with Gasteiger partial charge in [-0.25, -0.2) is 4.79 Å². The molecule has 0 saturated heterocycles. The lowest BCUT2D eigenvalue weighted by atomic mass is 9.92. The van der Waals surface area contributed by atoms with Gasteiger partial charge in [-0.2, -0.15) is 5.10 Å². The molecule has 0 spiro atoms. The highest BCUT2D eigenvalue weighted by Gasteiger charge is 2.35. The van der Waals surface area contributed by atoms with Crippen LogP contribution in [0.4, 0.5) is 10.6 Å². The van der Waals surface area contributed by atoms with Crippen molar-refractivity contribution in [1.29, 1.82) is 0 Å². The Bertz CT molecular complexity index is 1300. The van der Waals surface area contributed by atoms with Crippen LogP contribution in [0.15, 0.2) is 84.9 Å². The van der Waals surface area contributed by atoms with Gasteiger partial charge in [-0.3, -0.25) is 9.58 Å². The minimum atomic E-state index is -1.07. The van der Waals surface area contributed by atoms with E-state index in [-0.39, 0.29) is 0 Å². The Morgan fingerprint density at radius 2 is 1.69 bits per heavy atom. The van der Waals surface area contributed by atoms with Crippen LogP contribution in [0.1, 0.15) is 36.2 Å². The minimum absolute atomic E-state index is 0.359. The van der Waals surface area contributed by atoms with Crippen LogP contribution in [0.2, 0.25) is 5.02 Å². The molecule has 0 unspecified atom stereocenters. The summed E-state index contributed by atoms with van der Waals surface area (Å²) in [5, 5.41) is 15.4. The van der Waals surface area contributed by atoms with Gasteiger partial charge in [0.05, 0.1) is 12.1 Å². The first-order chi connectivity index (χ1) is 16.8. The van der Waals surface area contributed by atoms with Crippen molar-refractivity contribution < 1.29 is 14.6 Å². The summed E-state index contributed by atoms with van der Waals surface area (Å²) in [5.74, 6) is 1.06. The number of carbonyl (C=O) groups is 1. The summed E-state index contributed by atoms with van der Waals surface area (Å²) in [4.78, 5) is 13.7. The Labute approximate surface area is 210 Å². The van der Waals surface area contributed by atoms with E-state index in [1.54, 1.807) is 16.8 Å². The number of hydrogen-bond donors (Lipinski definition) is 1. The Morgan fingerprint density at radius 1 is 1.03 bits per heavy atom. The first-order valence-corrected chi connectivity index (χ1v) is 11.7. The van der Waals surface area contributed by atoms with E-state index in [9.17, 15) is 9.90 Å². The zero-order valence-corrected chi connectivity index (χ0v) is 20.7. The summed E-state index contributed by atoms with van der Waals surface area (Å²) < 4.78 is 7.86. The van der Waals surface area contributed by atoms with Gasteiger partial charge in [0.25, 0.3) is 0 Å². The molecule has 6 nitrogen and oxygen atoms in total. The van der Waals surface area contributed by atoms with Crippen LogP contribution in [-0.2, 0) is 18.7 Å². The second-order valence-corrected chi connectivity index (χ2v) is 9.31. The maximum absolute atomic E-state index is 12.4. The van der Waals surface area contributed by atoms with E-state index in [2.05, 4.69) is 5.10 Å². The number of nitrogens with zero attached hydrogens (tertiary/aromatic N) is 3. The molecule has 1 aromatic heterocycles. The Morgan fingerprint density at radius 3 is 2.34 bits per heavy atom. The minimum Gasteiger partial charge on any atom is -0.489 e. The van der Waals surface area contributed by atoms with Crippen LogP contribution in [0, 0.1) is 6.92 Å². The SMILES string of the molecule is Cc1cc(N(C(=O)O)C(C)(C)c2ccccc2)nn1Cc1cc(Cl)ccc1OCc1ccccc1. The average molecular weight is 490 g/mol. The maximum atomic E-state index is 12.4. The molecule has 0 atom stereocenters. The molecule has 0 aliphatic carbocycles. The van der Waals surface area contributed by atoms with Crippen LogP contribution < -0.4 is 9.64 Å². The zero-order chi connectivity index (χ0) is 25.0. The highest BCUT2D eigenvalue weighted by atomic mass is 35.5. The van der Waals surface area contributed by atoms with E-state index in [0.717, 1.165) is 22.4 Å². The molecule has 1 heterocycles. The number of carboxylic acid groups (broad SMARTS) is 1. The van der Waals surface area contributed by atoms with Gasteiger partial charge in [-0.05, 0) is 50.1 Å². The first kappa shape index (κ1) is 24.4. The smallest absolute Gasteiger partial charge is 0.413 e. The monoisotopic (exact) mass is 489 g/mol. The fraction of sp³-hybridized carbons (Fsp3) is 0.214. The number of amides is 1. The number of hydrogen-bond acceptors (Lipinski definition) is 3. The van der Waals surface area contributed by atoms with Gasteiger partial charge in [0.15, 0.2) is 5.82 Å². The van der Waals surface area contributed by atoms with Crippen molar-refractivity contribution in [2.45, 2.75) is 39.5 Å². The van der Waals surface area contributed by atoms with E-state index in [1.165, 1.54) is 4.90 Å². The molecule has 0 bridgehead atoms. The zero-order valence-electron chi connectivity index (χ0n) is 20.0. The molecular weight excluding hydrogens is 462 g/mol. The van der Waals surface area contributed by atoms with E-state index in [1.807, 2.05) is 93.6 Å². The number of aromatic nitrogens is 2. The van der Waals surface area contributed by atoms with Crippen LogP contribution in [-0.4, -0.2) is 21.0 Å². The van der Waals surface area contributed by atoms with E-state index in [0.29, 0.717) is 29.7 Å². The van der Waals surface area contributed by atoms with Crippen molar-refractivity contribution in [3.63, 3.8) is 0 Å². The average Bonchev–Trinajstić information content (AvgIpc) is 3.18. The predicted molar refractivity (Wildman–Crippen MR) is 138 cm³/mol. The van der Waals surface area contributed by atoms with Crippen molar-refractivity contribution in [2.24, 2.45) is 0 Å². The maximum Gasteiger partial charge on any atom is 0.413 e. The highest BCUT2D eigenvalue weighted by molar-refractivity contribution is 6.30. The molecule has 180 valence electrons. The topological polar surface area (TPSA) is 67.6 Å². The number of benzene rings is 3. The summed E-state index contributed by atoms with van der Waals surface area (Å²) in [6, 6.07) is 26.8. The molecule has 0 fully saturated rings. The lowest BCUT2D eigenvalue weighted by Crippen LogP contribution is -2.45. The van der Waals surface area contributed by atoms with Crippen molar-refractivity contribution in [3.8, 4) is 5.75 Å². The summed E-state index contributed by atoms with van der Waals surface area (Å²) in [7, 11) is 0. The lowest BCUT2D eigenvalue weighted by molar-refractivity contribution is 0.194. The van der Waals surface area contributed by atoms with Gasteiger partial charge >= 0.3 is 6.09 Å². The van der Waals surface area contributed by atoms with Gasteiger partial charge in [-0.1, -0.05) is 72.3 Å². The second kappa shape index (κ2) is 10.2. The third-order valence-corrected chi connectivity index (χ3v) is 6.24. The molecule has 0 aliphatic heterocycles. The third-order valence-electron chi connectivity index (χ3n) is 6.01. The van der Waals surface area contributed by atoms with E-state index >= 15 is 0 Å². The van der Waals surface area contributed by atoms with Crippen molar-refractivity contribution >= 4 is 23.5 Å². The summed E-state index contributed by atoms with van der Waals surface area (Å²) >= 11 is 6.29. The number of halogens is 1. The molecule has 0 saturated carbocycles. The number of ether oxygens (including phenoxy) is 1. The quantitative estimate of drug-likeness (QED) is 0.292. The number of aryl methyl sites for hydroxylation is 1. The largest absolute Gasteiger partial charge is 0.489 e. The van der Waals surface area contributed by atoms with Crippen molar-refractivity contribution in [2.75, 3.05) is 4.90 Å².